The number of hydrogen-bond acceptors (Lipinski definition) is 4. The van der Waals surface area contributed by atoms with Gasteiger partial charge in [0.1, 0.15) is 11.5 Å². The van der Waals surface area contributed by atoms with Crippen LogP contribution in [0.5, 0.6) is 11.5 Å². The van der Waals surface area contributed by atoms with Crippen LogP contribution in [0.4, 0.5) is 0 Å². The number of ether oxygens (including phenoxy) is 2. The second-order valence-electron chi connectivity index (χ2n) is 6.26. The molecule has 0 bridgehead atoms. The Hall–Kier alpha value is -3.80. The first-order valence-electron chi connectivity index (χ1n) is 9.13. The molecule has 3 rings (SSSR count). The van der Waals surface area contributed by atoms with Gasteiger partial charge in [0.2, 0.25) is 5.91 Å². The molecule has 2 amide bonds. The maximum Gasteiger partial charge on any atom is 0.276 e. The fourth-order valence-corrected chi connectivity index (χ4v) is 2.85. The second kappa shape index (κ2) is 9.94. The third kappa shape index (κ3) is 5.59. The Labute approximate surface area is 169 Å². The van der Waals surface area contributed by atoms with Crippen molar-refractivity contribution >= 4 is 11.8 Å². The summed E-state index contributed by atoms with van der Waals surface area (Å²) in [5.41, 5.74) is 6.57. The van der Waals surface area contributed by atoms with Gasteiger partial charge in [0.15, 0.2) is 6.61 Å². The lowest BCUT2D eigenvalue weighted by molar-refractivity contribution is -0.130. The van der Waals surface area contributed by atoms with E-state index >= 15 is 0 Å². The van der Waals surface area contributed by atoms with Gasteiger partial charge in [-0.15, -0.1) is 0 Å². The molecule has 0 aliphatic rings. The maximum atomic E-state index is 12.8. The Morgan fingerprint density at radius 3 is 1.79 bits per heavy atom. The summed E-state index contributed by atoms with van der Waals surface area (Å²) in [6.07, 6.45) is 0. The van der Waals surface area contributed by atoms with Crippen molar-refractivity contribution in [1.29, 1.82) is 0 Å². The molecule has 29 heavy (non-hydrogen) atoms. The molecule has 0 aliphatic heterocycles. The first kappa shape index (κ1) is 19.9. The highest BCUT2D eigenvalue weighted by Gasteiger charge is 2.22. The summed E-state index contributed by atoms with van der Waals surface area (Å²) in [6.45, 7) is -0.228. The minimum atomic E-state index is -0.541. The number of hydrogen-bond donors (Lipinski definition) is 2. The zero-order valence-corrected chi connectivity index (χ0v) is 16.0. The molecule has 0 unspecified atom stereocenters. The van der Waals surface area contributed by atoms with E-state index < -0.39 is 11.8 Å². The molecule has 0 radical (unpaired) electrons. The third-order valence-electron chi connectivity index (χ3n) is 4.28. The van der Waals surface area contributed by atoms with Gasteiger partial charge in [-0.05, 0) is 35.4 Å². The van der Waals surface area contributed by atoms with Crippen LogP contribution in [-0.4, -0.2) is 25.5 Å². The molecule has 0 saturated carbocycles. The number of hydrazine groups is 1. The molecule has 0 fully saturated rings. The lowest BCUT2D eigenvalue weighted by Crippen LogP contribution is -2.46. The number of nitrogens with one attached hydrogen (secondary N) is 2. The monoisotopic (exact) mass is 390 g/mol. The minimum Gasteiger partial charge on any atom is -0.497 e. The molecule has 6 nitrogen and oxygen atoms in total. The molecule has 0 aromatic heterocycles. The number of benzene rings is 3. The largest absolute Gasteiger partial charge is 0.497 e. The Morgan fingerprint density at radius 1 is 0.759 bits per heavy atom. The zero-order chi connectivity index (χ0) is 20.5. The summed E-state index contributed by atoms with van der Waals surface area (Å²) in [7, 11) is 1.57. The van der Waals surface area contributed by atoms with Crippen LogP contribution in [0, 0.1) is 0 Å². The van der Waals surface area contributed by atoms with E-state index in [1.54, 1.807) is 31.4 Å². The van der Waals surface area contributed by atoms with Gasteiger partial charge in [-0.2, -0.15) is 0 Å². The van der Waals surface area contributed by atoms with Crippen molar-refractivity contribution in [3.05, 3.63) is 96.1 Å². The van der Waals surface area contributed by atoms with E-state index in [0.717, 1.165) is 11.1 Å². The first-order chi connectivity index (χ1) is 14.2. The topological polar surface area (TPSA) is 76.7 Å². The fraction of sp³-hybridized carbons (Fsp3) is 0.130. The highest BCUT2D eigenvalue weighted by molar-refractivity contribution is 5.89. The average molecular weight is 390 g/mol. The molecule has 0 heterocycles. The molecule has 2 N–H and O–H groups in total. The van der Waals surface area contributed by atoms with E-state index in [-0.39, 0.29) is 12.5 Å². The predicted octanol–water partition coefficient (Wildman–Crippen LogP) is 3.05. The van der Waals surface area contributed by atoms with Crippen LogP contribution in [0.25, 0.3) is 0 Å². The maximum absolute atomic E-state index is 12.8. The van der Waals surface area contributed by atoms with E-state index in [1.807, 2.05) is 60.7 Å². The van der Waals surface area contributed by atoms with Gasteiger partial charge < -0.3 is 9.47 Å². The number of carbonyl (C=O) groups excluding carboxylic acids is 2. The van der Waals surface area contributed by atoms with Crippen LogP contribution >= 0.6 is 0 Å². The molecule has 3 aromatic rings. The number of carbonyl (C=O) groups is 2. The minimum absolute atomic E-state index is 0.228. The fourth-order valence-electron chi connectivity index (χ4n) is 2.85. The molecule has 0 spiro atoms. The highest BCUT2D eigenvalue weighted by Crippen LogP contribution is 2.24. The van der Waals surface area contributed by atoms with Crippen LogP contribution in [0.15, 0.2) is 84.9 Å². The highest BCUT2D eigenvalue weighted by atomic mass is 16.5. The Kier molecular flexibility index (Phi) is 6.84. The van der Waals surface area contributed by atoms with Gasteiger partial charge in [0.25, 0.3) is 5.91 Å². The van der Waals surface area contributed by atoms with E-state index in [1.165, 1.54) is 0 Å². The van der Waals surface area contributed by atoms with Crippen LogP contribution in [-0.2, 0) is 9.59 Å². The van der Waals surface area contributed by atoms with Crippen molar-refractivity contribution in [2.75, 3.05) is 13.7 Å². The Balaban J connectivity index is 1.58. The first-order valence-corrected chi connectivity index (χ1v) is 9.13. The van der Waals surface area contributed by atoms with Crippen molar-refractivity contribution < 1.29 is 19.1 Å². The SMILES string of the molecule is COc1ccc(OCC(=O)NNC(=O)C(c2ccccc2)c2ccccc2)cc1. The number of amides is 2. The predicted molar refractivity (Wildman–Crippen MR) is 110 cm³/mol. The second-order valence-corrected chi connectivity index (χ2v) is 6.26. The van der Waals surface area contributed by atoms with E-state index in [4.69, 9.17) is 9.47 Å². The van der Waals surface area contributed by atoms with E-state index in [0.29, 0.717) is 11.5 Å². The molecule has 0 aliphatic carbocycles. The van der Waals surface area contributed by atoms with Crippen molar-refractivity contribution in [1.82, 2.24) is 10.9 Å². The average Bonchev–Trinajstić information content (AvgIpc) is 2.78. The van der Waals surface area contributed by atoms with Crippen molar-refractivity contribution in [2.45, 2.75) is 5.92 Å². The summed E-state index contributed by atoms with van der Waals surface area (Å²) >= 11 is 0. The van der Waals surface area contributed by atoms with Gasteiger partial charge in [0.05, 0.1) is 13.0 Å². The van der Waals surface area contributed by atoms with E-state index in [2.05, 4.69) is 10.9 Å². The standard InChI is InChI=1S/C23H22N2O4/c1-28-19-12-14-20(15-13-19)29-16-21(26)24-25-23(27)22(17-8-4-2-5-9-17)18-10-6-3-7-11-18/h2-15,22H,16H2,1H3,(H,24,26)(H,25,27). The zero-order valence-electron chi connectivity index (χ0n) is 16.0. The van der Waals surface area contributed by atoms with Crippen molar-refractivity contribution in [3.63, 3.8) is 0 Å². The van der Waals surface area contributed by atoms with Crippen LogP contribution < -0.4 is 20.3 Å². The number of methoxy groups -OCH3 is 1. The smallest absolute Gasteiger partial charge is 0.276 e. The Bertz CT molecular complexity index is 889. The van der Waals surface area contributed by atoms with Crippen LogP contribution in [0.2, 0.25) is 0 Å². The summed E-state index contributed by atoms with van der Waals surface area (Å²) < 4.78 is 10.5. The normalized spacial score (nSPS) is 10.3. The van der Waals surface area contributed by atoms with Crippen LogP contribution in [0.1, 0.15) is 17.0 Å². The van der Waals surface area contributed by atoms with E-state index in [9.17, 15) is 9.59 Å². The third-order valence-corrected chi connectivity index (χ3v) is 4.28. The molecule has 0 atom stereocenters. The molecular weight excluding hydrogens is 368 g/mol. The van der Waals surface area contributed by atoms with Gasteiger partial charge in [-0.1, -0.05) is 60.7 Å². The summed E-state index contributed by atoms with van der Waals surface area (Å²) in [5.74, 6) is -0.116. The summed E-state index contributed by atoms with van der Waals surface area (Å²) in [6, 6.07) is 25.7. The molecular formula is C23H22N2O4. The molecule has 0 saturated heterocycles. The van der Waals surface area contributed by atoms with Crippen LogP contribution in [0.3, 0.4) is 0 Å². The van der Waals surface area contributed by atoms with Crippen molar-refractivity contribution in [2.24, 2.45) is 0 Å². The van der Waals surface area contributed by atoms with Gasteiger partial charge in [-0.3, -0.25) is 20.4 Å². The lowest BCUT2D eigenvalue weighted by atomic mass is 9.91. The van der Waals surface area contributed by atoms with Gasteiger partial charge in [-0.25, -0.2) is 0 Å². The van der Waals surface area contributed by atoms with Gasteiger partial charge >= 0.3 is 0 Å². The number of rotatable bonds is 7. The van der Waals surface area contributed by atoms with Gasteiger partial charge in [0, 0.05) is 0 Å². The van der Waals surface area contributed by atoms with Crippen molar-refractivity contribution in [3.8, 4) is 11.5 Å². The molecule has 6 heteroatoms. The molecule has 3 aromatic carbocycles. The Morgan fingerprint density at radius 2 is 1.28 bits per heavy atom. The molecule has 148 valence electrons. The summed E-state index contributed by atoms with van der Waals surface area (Å²) in [5, 5.41) is 0. The quantitative estimate of drug-likeness (QED) is 0.608. The summed E-state index contributed by atoms with van der Waals surface area (Å²) in [4.78, 5) is 24.9. The lowest BCUT2D eigenvalue weighted by Gasteiger charge is -2.18.